The first-order chi connectivity index (χ1) is 9.42. The van der Waals surface area contributed by atoms with Gasteiger partial charge in [-0.2, -0.15) is 0 Å². The van der Waals surface area contributed by atoms with Crippen LogP contribution in [0.15, 0.2) is 18.2 Å². The Kier molecular flexibility index (Phi) is 4.12. The Morgan fingerprint density at radius 1 is 1.40 bits per heavy atom. The van der Waals surface area contributed by atoms with E-state index in [4.69, 9.17) is 4.74 Å². The number of anilines is 1. The number of hydrogen-bond acceptors (Lipinski definition) is 3. The molecule has 1 aromatic rings. The first kappa shape index (κ1) is 14.6. The first-order valence-corrected chi connectivity index (χ1v) is 6.97. The van der Waals surface area contributed by atoms with Gasteiger partial charge in [0.2, 0.25) is 0 Å². The summed E-state index contributed by atoms with van der Waals surface area (Å²) in [7, 11) is 0. The average molecular weight is 275 g/mol. The van der Waals surface area contributed by atoms with E-state index in [1.165, 1.54) is 5.56 Å². The van der Waals surface area contributed by atoms with Crippen LogP contribution in [0.2, 0.25) is 0 Å². The van der Waals surface area contributed by atoms with Crippen LogP contribution >= 0.6 is 0 Å². The van der Waals surface area contributed by atoms with Gasteiger partial charge in [-0.25, -0.2) is 4.79 Å². The van der Waals surface area contributed by atoms with Crippen LogP contribution in [0.1, 0.15) is 38.3 Å². The molecule has 0 aromatic heterocycles. The van der Waals surface area contributed by atoms with Gasteiger partial charge < -0.3 is 9.53 Å². The minimum Gasteiger partial charge on any atom is -0.443 e. The minimum atomic E-state index is -0.491. The number of carbonyl (C=O) groups is 2. The van der Waals surface area contributed by atoms with Crippen molar-refractivity contribution in [2.45, 2.75) is 45.6 Å². The first-order valence-electron chi connectivity index (χ1n) is 6.97. The van der Waals surface area contributed by atoms with E-state index in [1.54, 1.807) is 4.90 Å². The summed E-state index contributed by atoms with van der Waals surface area (Å²) in [5, 5.41) is 0. The second-order valence-electron chi connectivity index (χ2n) is 6.00. The van der Waals surface area contributed by atoms with Crippen LogP contribution < -0.4 is 4.90 Å². The van der Waals surface area contributed by atoms with Gasteiger partial charge in [-0.05, 0) is 50.8 Å². The smallest absolute Gasteiger partial charge is 0.414 e. The number of ether oxygens (including phenoxy) is 1. The number of rotatable bonds is 3. The lowest BCUT2D eigenvalue weighted by molar-refractivity contribution is -0.107. The molecule has 0 atom stereocenters. The van der Waals surface area contributed by atoms with Crippen molar-refractivity contribution < 1.29 is 14.3 Å². The van der Waals surface area contributed by atoms with Gasteiger partial charge in [0.25, 0.3) is 0 Å². The van der Waals surface area contributed by atoms with Crippen LogP contribution in [0.3, 0.4) is 0 Å². The van der Waals surface area contributed by atoms with Crippen molar-refractivity contribution in [2.75, 3.05) is 11.4 Å². The average Bonchev–Trinajstić information content (AvgIpc) is 2.78. The predicted octanol–water partition coefficient (Wildman–Crippen LogP) is 3.12. The molecule has 0 aliphatic carbocycles. The van der Waals surface area contributed by atoms with Gasteiger partial charge in [0, 0.05) is 13.0 Å². The molecule has 1 aliphatic heterocycles. The fourth-order valence-corrected chi connectivity index (χ4v) is 2.46. The quantitative estimate of drug-likeness (QED) is 0.796. The van der Waals surface area contributed by atoms with Crippen molar-refractivity contribution in [3.8, 4) is 0 Å². The Morgan fingerprint density at radius 2 is 2.15 bits per heavy atom. The number of carbonyl (C=O) groups excluding carboxylic acids is 2. The minimum absolute atomic E-state index is 0.302. The number of amides is 1. The van der Waals surface area contributed by atoms with E-state index in [1.807, 2.05) is 39.0 Å². The zero-order valence-corrected chi connectivity index (χ0v) is 12.3. The van der Waals surface area contributed by atoms with Gasteiger partial charge in [0.1, 0.15) is 11.9 Å². The fourth-order valence-electron chi connectivity index (χ4n) is 2.46. The summed E-state index contributed by atoms with van der Waals surface area (Å²) in [6.07, 6.45) is 2.70. The highest BCUT2D eigenvalue weighted by molar-refractivity contribution is 5.90. The summed E-state index contributed by atoms with van der Waals surface area (Å²) < 4.78 is 5.43. The van der Waals surface area contributed by atoms with Crippen molar-refractivity contribution in [3.05, 3.63) is 29.3 Å². The zero-order chi connectivity index (χ0) is 14.8. The highest BCUT2D eigenvalue weighted by Gasteiger charge is 2.29. The van der Waals surface area contributed by atoms with Gasteiger partial charge >= 0.3 is 6.09 Å². The van der Waals surface area contributed by atoms with E-state index < -0.39 is 5.60 Å². The maximum Gasteiger partial charge on any atom is 0.414 e. The van der Waals surface area contributed by atoms with Crippen LogP contribution in [0.5, 0.6) is 0 Å². The van der Waals surface area contributed by atoms with Crippen molar-refractivity contribution >= 4 is 18.1 Å². The highest BCUT2D eigenvalue weighted by atomic mass is 16.6. The number of hydrogen-bond donors (Lipinski definition) is 0. The Balaban J connectivity index is 2.20. The monoisotopic (exact) mass is 275 g/mol. The lowest BCUT2D eigenvalue weighted by atomic mass is 10.0. The van der Waals surface area contributed by atoms with Crippen molar-refractivity contribution in [1.82, 2.24) is 0 Å². The molecule has 20 heavy (non-hydrogen) atoms. The maximum atomic E-state index is 12.2. The number of aryl methyl sites for hydroxylation is 1. The second kappa shape index (κ2) is 5.65. The van der Waals surface area contributed by atoms with Crippen molar-refractivity contribution in [2.24, 2.45) is 0 Å². The lowest BCUT2D eigenvalue weighted by Gasteiger charge is -2.24. The molecule has 1 amide bonds. The molecule has 2 rings (SSSR count). The second-order valence-corrected chi connectivity index (χ2v) is 6.00. The maximum absolute atomic E-state index is 12.2. The molecular weight excluding hydrogens is 254 g/mol. The fraction of sp³-hybridized carbons (Fsp3) is 0.500. The molecule has 0 bridgehead atoms. The van der Waals surface area contributed by atoms with Crippen molar-refractivity contribution in [1.29, 1.82) is 0 Å². The molecule has 1 aromatic carbocycles. The zero-order valence-electron chi connectivity index (χ0n) is 12.3. The highest BCUT2D eigenvalue weighted by Crippen LogP contribution is 2.32. The molecule has 0 radical (unpaired) electrons. The molecule has 0 spiro atoms. The Bertz CT molecular complexity index is 517. The molecule has 0 unspecified atom stereocenters. The molecule has 4 heteroatoms. The number of fused-ring (bicyclic) bond motifs is 1. The summed E-state index contributed by atoms with van der Waals surface area (Å²) in [5.41, 5.74) is 2.75. The van der Waals surface area contributed by atoms with Gasteiger partial charge in [0.15, 0.2) is 0 Å². The third kappa shape index (κ3) is 3.18. The molecule has 4 nitrogen and oxygen atoms in total. The number of nitrogens with zero attached hydrogens (tertiary/aromatic N) is 1. The van der Waals surface area contributed by atoms with E-state index in [0.29, 0.717) is 13.0 Å². The van der Waals surface area contributed by atoms with Crippen LogP contribution in [0.4, 0.5) is 10.5 Å². The molecule has 0 fully saturated rings. The predicted molar refractivity (Wildman–Crippen MR) is 78.1 cm³/mol. The Labute approximate surface area is 119 Å². The SMILES string of the molecule is CC(C)(C)OC(=O)N1CCc2c(CCC=O)cccc21. The van der Waals surface area contributed by atoms with Gasteiger partial charge in [-0.1, -0.05) is 12.1 Å². The molecule has 108 valence electrons. The third-order valence-electron chi connectivity index (χ3n) is 3.27. The third-order valence-corrected chi connectivity index (χ3v) is 3.27. The normalized spacial score (nSPS) is 14.1. The lowest BCUT2D eigenvalue weighted by Crippen LogP contribution is -2.35. The number of aldehydes is 1. The van der Waals surface area contributed by atoms with Crippen LogP contribution in [-0.4, -0.2) is 24.5 Å². The van der Waals surface area contributed by atoms with Crippen LogP contribution in [-0.2, 0) is 22.4 Å². The standard InChI is InChI=1S/C16H21NO3/c1-16(2,3)20-15(19)17-10-9-13-12(7-5-11-18)6-4-8-14(13)17/h4,6,8,11H,5,7,9-10H2,1-3H3. The van der Waals surface area contributed by atoms with Crippen LogP contribution in [0.25, 0.3) is 0 Å². The van der Waals surface area contributed by atoms with E-state index in [2.05, 4.69) is 0 Å². The van der Waals surface area contributed by atoms with Gasteiger partial charge in [0.05, 0.1) is 5.69 Å². The molecule has 0 saturated carbocycles. The van der Waals surface area contributed by atoms with Crippen LogP contribution in [0, 0.1) is 0 Å². The summed E-state index contributed by atoms with van der Waals surface area (Å²) in [6.45, 7) is 6.23. The van der Waals surface area contributed by atoms with E-state index in [0.717, 1.165) is 30.4 Å². The summed E-state index contributed by atoms with van der Waals surface area (Å²) >= 11 is 0. The number of benzene rings is 1. The molecule has 0 N–H and O–H groups in total. The van der Waals surface area contributed by atoms with Gasteiger partial charge in [-0.15, -0.1) is 0 Å². The van der Waals surface area contributed by atoms with Gasteiger partial charge in [-0.3, -0.25) is 4.90 Å². The molecular formula is C16H21NO3. The molecule has 1 heterocycles. The topological polar surface area (TPSA) is 46.6 Å². The Hall–Kier alpha value is -1.84. The Morgan fingerprint density at radius 3 is 2.80 bits per heavy atom. The molecule has 0 saturated heterocycles. The van der Waals surface area contributed by atoms with E-state index in [-0.39, 0.29) is 6.09 Å². The molecule has 1 aliphatic rings. The van der Waals surface area contributed by atoms with E-state index >= 15 is 0 Å². The largest absolute Gasteiger partial charge is 0.443 e. The summed E-state index contributed by atoms with van der Waals surface area (Å²) in [4.78, 5) is 24.4. The van der Waals surface area contributed by atoms with E-state index in [9.17, 15) is 9.59 Å². The van der Waals surface area contributed by atoms with Crippen molar-refractivity contribution in [3.63, 3.8) is 0 Å². The summed E-state index contributed by atoms with van der Waals surface area (Å²) in [5.74, 6) is 0. The summed E-state index contributed by atoms with van der Waals surface area (Å²) in [6, 6.07) is 5.90.